The standard InChI is InChI=1S/C23H34N2O6/c1-24(14-4-6-21(26)27)22(28)25(2)20-9-7-19(8-10-20)18-31-15-5-11-23(29-3)12-16-30-17-13-23/h5,7-11H,4,6,12-18H2,1-3H3,(H,26,27). The lowest BCUT2D eigenvalue weighted by Crippen LogP contribution is -2.39. The van der Waals surface area contributed by atoms with Crippen LogP contribution in [0, 0.1) is 0 Å². The lowest BCUT2D eigenvalue weighted by atomic mass is 9.93. The molecular formula is C23H34N2O6. The molecule has 0 spiro atoms. The lowest BCUT2D eigenvalue weighted by molar-refractivity contribution is -0.137. The number of carboxylic acid groups (broad SMARTS) is 1. The number of nitrogens with zero attached hydrogens (tertiary/aromatic N) is 2. The third kappa shape index (κ3) is 7.97. The van der Waals surface area contributed by atoms with Crippen molar-refractivity contribution in [1.82, 2.24) is 4.90 Å². The molecule has 1 N–H and O–H groups in total. The molecule has 1 heterocycles. The number of hydrogen-bond acceptors (Lipinski definition) is 5. The maximum atomic E-state index is 12.5. The predicted octanol–water partition coefficient (Wildman–Crippen LogP) is 3.31. The summed E-state index contributed by atoms with van der Waals surface area (Å²) in [5.41, 5.74) is 1.53. The first kappa shape index (κ1) is 24.8. The van der Waals surface area contributed by atoms with Gasteiger partial charge in [-0.05, 0) is 24.1 Å². The quantitative estimate of drug-likeness (QED) is 0.425. The van der Waals surface area contributed by atoms with Crippen LogP contribution in [0.4, 0.5) is 10.5 Å². The summed E-state index contributed by atoms with van der Waals surface area (Å²) in [7, 11) is 5.10. The van der Waals surface area contributed by atoms with E-state index in [2.05, 4.69) is 6.08 Å². The number of benzene rings is 1. The molecule has 0 unspecified atom stereocenters. The Kier molecular flexibility index (Phi) is 9.97. The maximum Gasteiger partial charge on any atom is 0.323 e. The highest BCUT2D eigenvalue weighted by Gasteiger charge is 2.29. The van der Waals surface area contributed by atoms with Gasteiger partial charge in [-0.3, -0.25) is 9.69 Å². The molecule has 1 fully saturated rings. The topological polar surface area (TPSA) is 88.5 Å². The highest BCUT2D eigenvalue weighted by atomic mass is 16.5. The van der Waals surface area contributed by atoms with Crippen LogP contribution in [0.3, 0.4) is 0 Å². The first-order valence-electron chi connectivity index (χ1n) is 10.5. The van der Waals surface area contributed by atoms with E-state index in [1.54, 1.807) is 26.1 Å². The largest absolute Gasteiger partial charge is 0.481 e. The van der Waals surface area contributed by atoms with Crippen molar-refractivity contribution in [3.63, 3.8) is 0 Å². The molecular weight excluding hydrogens is 400 g/mol. The molecule has 1 aromatic rings. The van der Waals surface area contributed by atoms with Gasteiger partial charge < -0.3 is 24.2 Å². The van der Waals surface area contributed by atoms with E-state index >= 15 is 0 Å². The molecule has 0 bridgehead atoms. The Morgan fingerprint density at radius 2 is 1.87 bits per heavy atom. The van der Waals surface area contributed by atoms with Crippen molar-refractivity contribution in [3.8, 4) is 0 Å². The van der Waals surface area contributed by atoms with Gasteiger partial charge in [-0.1, -0.05) is 24.3 Å². The maximum absolute atomic E-state index is 12.5. The van der Waals surface area contributed by atoms with Crippen LogP contribution in [-0.4, -0.2) is 75.2 Å². The number of anilines is 1. The van der Waals surface area contributed by atoms with Crippen molar-refractivity contribution in [2.75, 3.05) is 52.5 Å². The summed E-state index contributed by atoms with van der Waals surface area (Å²) in [6.45, 7) is 2.78. The number of ether oxygens (including phenoxy) is 3. The third-order valence-corrected chi connectivity index (χ3v) is 5.47. The van der Waals surface area contributed by atoms with Gasteiger partial charge >= 0.3 is 12.0 Å². The second-order valence-corrected chi connectivity index (χ2v) is 7.73. The fraction of sp³-hybridized carbons (Fsp3) is 0.565. The summed E-state index contributed by atoms with van der Waals surface area (Å²) in [6.07, 6.45) is 6.24. The third-order valence-electron chi connectivity index (χ3n) is 5.47. The van der Waals surface area contributed by atoms with Gasteiger partial charge in [0.2, 0.25) is 0 Å². The number of amides is 2. The average molecular weight is 435 g/mol. The molecule has 31 heavy (non-hydrogen) atoms. The number of methoxy groups -OCH3 is 1. The first-order valence-corrected chi connectivity index (χ1v) is 10.5. The van der Waals surface area contributed by atoms with E-state index in [1.165, 1.54) is 4.90 Å². The molecule has 172 valence electrons. The van der Waals surface area contributed by atoms with Gasteiger partial charge in [0.05, 0.1) is 18.8 Å². The molecule has 0 saturated carbocycles. The summed E-state index contributed by atoms with van der Waals surface area (Å²) in [4.78, 5) is 26.2. The Labute approximate surface area is 184 Å². The SMILES string of the molecule is COC1(C=CCOCc2ccc(N(C)C(=O)N(C)CCCC(=O)O)cc2)CCOCC1. The normalized spacial score (nSPS) is 15.7. The summed E-state index contributed by atoms with van der Waals surface area (Å²) in [6, 6.07) is 7.43. The van der Waals surface area contributed by atoms with Crippen LogP contribution in [0.2, 0.25) is 0 Å². The van der Waals surface area contributed by atoms with Crippen molar-refractivity contribution in [1.29, 1.82) is 0 Å². The van der Waals surface area contributed by atoms with Gasteiger partial charge in [0.25, 0.3) is 0 Å². The second kappa shape index (κ2) is 12.4. The minimum absolute atomic E-state index is 0.0477. The fourth-order valence-electron chi connectivity index (χ4n) is 3.41. The molecule has 1 saturated heterocycles. The van der Waals surface area contributed by atoms with Crippen molar-refractivity contribution >= 4 is 17.7 Å². The van der Waals surface area contributed by atoms with E-state index < -0.39 is 5.97 Å². The van der Waals surface area contributed by atoms with E-state index in [1.807, 2.05) is 30.3 Å². The Bertz CT molecular complexity index is 728. The molecule has 2 amide bonds. The van der Waals surface area contributed by atoms with Crippen LogP contribution in [0.25, 0.3) is 0 Å². The van der Waals surface area contributed by atoms with Crippen LogP contribution in [0.1, 0.15) is 31.2 Å². The zero-order valence-electron chi connectivity index (χ0n) is 18.7. The average Bonchev–Trinajstić information content (AvgIpc) is 2.78. The Morgan fingerprint density at radius 1 is 1.19 bits per heavy atom. The van der Waals surface area contributed by atoms with E-state index in [0.717, 1.165) is 24.1 Å². The van der Waals surface area contributed by atoms with Crippen LogP contribution in [0.5, 0.6) is 0 Å². The second-order valence-electron chi connectivity index (χ2n) is 7.73. The first-order chi connectivity index (χ1) is 14.9. The number of carbonyl (C=O) groups is 2. The molecule has 8 nitrogen and oxygen atoms in total. The minimum atomic E-state index is -0.857. The molecule has 1 aromatic carbocycles. The number of hydrogen-bond donors (Lipinski definition) is 1. The van der Waals surface area contributed by atoms with Gasteiger partial charge in [-0.2, -0.15) is 0 Å². The summed E-state index contributed by atoms with van der Waals surface area (Å²) in [5, 5.41) is 8.71. The van der Waals surface area contributed by atoms with Crippen molar-refractivity contribution in [2.24, 2.45) is 0 Å². The molecule has 0 atom stereocenters. The van der Waals surface area contributed by atoms with E-state index in [9.17, 15) is 9.59 Å². The summed E-state index contributed by atoms with van der Waals surface area (Å²) in [5.74, 6) is -0.857. The fourth-order valence-corrected chi connectivity index (χ4v) is 3.41. The number of carboxylic acids is 1. The van der Waals surface area contributed by atoms with E-state index in [-0.39, 0.29) is 18.1 Å². The number of carbonyl (C=O) groups excluding carboxylic acids is 1. The zero-order valence-corrected chi connectivity index (χ0v) is 18.7. The monoisotopic (exact) mass is 434 g/mol. The van der Waals surface area contributed by atoms with Crippen LogP contribution >= 0.6 is 0 Å². The molecule has 2 rings (SSSR count). The highest BCUT2D eigenvalue weighted by Crippen LogP contribution is 2.25. The van der Waals surface area contributed by atoms with Crippen molar-refractivity contribution < 1.29 is 28.9 Å². The van der Waals surface area contributed by atoms with Gasteiger partial charge in [0, 0.05) is 65.9 Å². The zero-order chi connectivity index (χ0) is 22.7. The molecule has 0 aliphatic carbocycles. The smallest absolute Gasteiger partial charge is 0.323 e. The predicted molar refractivity (Wildman–Crippen MR) is 118 cm³/mol. The number of urea groups is 1. The molecule has 8 heteroatoms. The highest BCUT2D eigenvalue weighted by molar-refractivity contribution is 5.91. The van der Waals surface area contributed by atoms with Crippen molar-refractivity contribution in [2.45, 2.75) is 37.9 Å². The minimum Gasteiger partial charge on any atom is -0.481 e. The number of rotatable bonds is 11. The van der Waals surface area contributed by atoms with Gasteiger partial charge in [0.15, 0.2) is 0 Å². The Morgan fingerprint density at radius 3 is 2.48 bits per heavy atom. The van der Waals surface area contributed by atoms with Gasteiger partial charge in [-0.25, -0.2) is 4.79 Å². The van der Waals surface area contributed by atoms with Crippen LogP contribution in [-0.2, 0) is 25.6 Å². The van der Waals surface area contributed by atoms with E-state index in [4.69, 9.17) is 19.3 Å². The Balaban J connectivity index is 1.77. The molecule has 0 aromatic heterocycles. The van der Waals surface area contributed by atoms with Crippen LogP contribution < -0.4 is 4.90 Å². The molecule has 1 aliphatic rings. The van der Waals surface area contributed by atoms with Gasteiger partial charge in [0.1, 0.15) is 0 Å². The Hall–Kier alpha value is -2.42. The molecule has 0 radical (unpaired) electrons. The van der Waals surface area contributed by atoms with Gasteiger partial charge in [-0.15, -0.1) is 0 Å². The van der Waals surface area contributed by atoms with Crippen LogP contribution in [0.15, 0.2) is 36.4 Å². The molecule has 1 aliphatic heterocycles. The summed E-state index contributed by atoms with van der Waals surface area (Å²) < 4.78 is 16.8. The van der Waals surface area contributed by atoms with E-state index in [0.29, 0.717) is 39.4 Å². The lowest BCUT2D eigenvalue weighted by Gasteiger charge is -2.33. The summed E-state index contributed by atoms with van der Waals surface area (Å²) >= 11 is 0. The van der Waals surface area contributed by atoms with Crippen molar-refractivity contribution in [3.05, 3.63) is 42.0 Å². The number of aliphatic carboxylic acids is 1.